The minimum absolute atomic E-state index is 0.0409. The lowest BCUT2D eigenvalue weighted by Crippen LogP contribution is -2.71. The van der Waals surface area contributed by atoms with Crippen LogP contribution in [0.2, 0.25) is 0 Å². The van der Waals surface area contributed by atoms with Gasteiger partial charge in [-0.3, -0.25) is 14.5 Å². The van der Waals surface area contributed by atoms with Crippen molar-refractivity contribution >= 4 is 11.7 Å². The van der Waals surface area contributed by atoms with Crippen LogP contribution in [0.5, 0.6) is 5.75 Å². The van der Waals surface area contributed by atoms with E-state index >= 15 is 0 Å². The minimum atomic E-state index is -0.886. The topological polar surface area (TPSA) is 105 Å². The third-order valence-corrected chi connectivity index (χ3v) is 17.0. The number of methoxy groups -OCH3 is 1. The molecule has 0 bridgehead atoms. The van der Waals surface area contributed by atoms with E-state index in [2.05, 4.69) is 83.8 Å². The summed E-state index contributed by atoms with van der Waals surface area (Å²) in [4.78, 5) is 31.3. The molecule has 2 aromatic rings. The first-order valence-corrected chi connectivity index (χ1v) is 20.5. The van der Waals surface area contributed by atoms with Gasteiger partial charge in [0.25, 0.3) is 0 Å². The molecule has 5 aliphatic carbocycles. The molecule has 4 saturated carbocycles. The summed E-state index contributed by atoms with van der Waals surface area (Å²) in [5.41, 5.74) is 0.687. The number of nitrogens with one attached hydrogen (secondary N) is 1. The third-order valence-electron chi connectivity index (χ3n) is 17.0. The van der Waals surface area contributed by atoms with Gasteiger partial charge < -0.3 is 19.7 Å². The largest absolute Gasteiger partial charge is 0.497 e. The number of hydrogen-bond donors (Lipinski definition) is 2. The second-order valence-corrected chi connectivity index (χ2v) is 19.6. The van der Waals surface area contributed by atoms with Crippen LogP contribution in [-0.4, -0.2) is 52.8 Å². The van der Waals surface area contributed by atoms with Crippen molar-refractivity contribution in [2.45, 2.75) is 132 Å². The Morgan fingerprint density at radius 3 is 2.30 bits per heavy atom. The summed E-state index contributed by atoms with van der Waals surface area (Å²) in [6.45, 7) is 22.6. The van der Waals surface area contributed by atoms with Gasteiger partial charge in [0, 0.05) is 28.4 Å². The molecule has 0 aliphatic heterocycles. The fraction of sp³-hybridized carbons (Fsp3) is 0.711. The van der Waals surface area contributed by atoms with Crippen LogP contribution in [0, 0.1) is 50.2 Å². The summed E-state index contributed by atoms with van der Waals surface area (Å²) < 4.78 is 10.9. The molecule has 2 N–H and O–H groups in total. The quantitative estimate of drug-likeness (QED) is 0.262. The standard InChI is InChI=1S/C45H65N3O5/c1-11-48(12-2)45(51)24-22-42(7)36(39(45,3)4)17-18-44(9)37(42)35(49)26-32-33-27-41(6,20-19-40(33,5)21-23-43(32,44)8)38(50)46-28-31-25-34(47-53-31)29-13-15-30(52-10)16-14-29/h13-16,25-26,33,36-37,51H,11-12,17-24,27-28H2,1-10H3,(H,46,50)/t33-,36?,37-,40-,41+,42+,43-,44-,45+/m1/s1. The molecule has 9 atom stereocenters. The maximum absolute atomic E-state index is 14.9. The van der Waals surface area contributed by atoms with Gasteiger partial charge in [-0.2, -0.15) is 0 Å². The molecule has 0 radical (unpaired) electrons. The van der Waals surface area contributed by atoms with E-state index in [-0.39, 0.29) is 63.1 Å². The Hall–Kier alpha value is -2.97. The number of fused-ring (bicyclic) bond motifs is 7. The number of nitrogens with zero attached hydrogens (tertiary/aromatic N) is 2. The van der Waals surface area contributed by atoms with Crippen LogP contribution < -0.4 is 10.1 Å². The lowest BCUT2D eigenvalue weighted by Gasteiger charge is -2.72. The Bertz CT molecular complexity index is 1780. The molecule has 4 fully saturated rings. The fourth-order valence-electron chi connectivity index (χ4n) is 13.3. The molecule has 1 unspecified atom stereocenters. The van der Waals surface area contributed by atoms with Gasteiger partial charge >= 0.3 is 0 Å². The van der Waals surface area contributed by atoms with Gasteiger partial charge in [0.1, 0.15) is 17.2 Å². The summed E-state index contributed by atoms with van der Waals surface area (Å²) in [7, 11) is 1.64. The zero-order valence-electron chi connectivity index (χ0n) is 34.2. The van der Waals surface area contributed by atoms with Crippen LogP contribution in [0.4, 0.5) is 0 Å². The van der Waals surface area contributed by atoms with E-state index in [0.717, 1.165) is 81.5 Å². The molecule has 1 heterocycles. The van der Waals surface area contributed by atoms with E-state index in [1.807, 2.05) is 30.3 Å². The van der Waals surface area contributed by atoms with Crippen molar-refractivity contribution in [3.8, 4) is 17.0 Å². The van der Waals surface area contributed by atoms with Gasteiger partial charge in [0.05, 0.1) is 13.7 Å². The highest BCUT2D eigenvalue weighted by Crippen LogP contribution is 2.76. The maximum Gasteiger partial charge on any atom is 0.226 e. The van der Waals surface area contributed by atoms with Crippen LogP contribution >= 0.6 is 0 Å². The van der Waals surface area contributed by atoms with Crippen molar-refractivity contribution < 1.29 is 24.0 Å². The predicted molar refractivity (Wildman–Crippen MR) is 208 cm³/mol. The fourth-order valence-corrected chi connectivity index (χ4v) is 13.3. The van der Waals surface area contributed by atoms with E-state index in [9.17, 15) is 14.7 Å². The first-order chi connectivity index (χ1) is 24.9. The number of hydrogen-bond acceptors (Lipinski definition) is 7. The highest BCUT2D eigenvalue weighted by Gasteiger charge is 2.72. The third kappa shape index (κ3) is 5.45. The average molecular weight is 728 g/mol. The van der Waals surface area contributed by atoms with E-state index < -0.39 is 11.1 Å². The number of benzene rings is 1. The summed E-state index contributed by atoms with van der Waals surface area (Å²) in [6, 6.07) is 9.56. The predicted octanol–water partition coefficient (Wildman–Crippen LogP) is 8.98. The SMILES string of the molecule is CCN(CC)[C@]1(O)CC[C@@]2(C)C(CC[C@]3(C)[C@@H]2C(=O)C=C2[C@H]4C[C@@](C)(C(=O)NCc5cc(-c6ccc(OC)cc6)no5)CC[C@]4(C)CC[C@]23C)C1(C)C. The van der Waals surface area contributed by atoms with Crippen LogP contribution in [0.3, 0.4) is 0 Å². The van der Waals surface area contributed by atoms with Gasteiger partial charge in [-0.1, -0.05) is 73.0 Å². The second kappa shape index (κ2) is 12.8. The highest BCUT2D eigenvalue weighted by atomic mass is 16.5. The lowest BCUT2D eigenvalue weighted by molar-refractivity contribution is -0.276. The summed E-state index contributed by atoms with van der Waals surface area (Å²) in [5.74, 6) is 2.04. The Morgan fingerprint density at radius 2 is 1.64 bits per heavy atom. The molecule has 1 amide bonds. The van der Waals surface area contributed by atoms with Crippen LogP contribution in [-0.2, 0) is 16.1 Å². The number of aromatic nitrogens is 1. The first-order valence-electron chi connectivity index (χ1n) is 20.5. The van der Waals surface area contributed by atoms with E-state index in [1.54, 1.807) is 7.11 Å². The number of rotatable bonds is 8. The van der Waals surface area contributed by atoms with E-state index in [4.69, 9.17) is 9.26 Å². The minimum Gasteiger partial charge on any atom is -0.497 e. The maximum atomic E-state index is 14.9. The monoisotopic (exact) mass is 727 g/mol. The number of ether oxygens (including phenoxy) is 1. The summed E-state index contributed by atoms with van der Waals surface area (Å²) >= 11 is 0. The smallest absolute Gasteiger partial charge is 0.226 e. The number of aliphatic hydroxyl groups is 1. The molecule has 290 valence electrons. The number of ketones is 1. The molecule has 8 nitrogen and oxygen atoms in total. The van der Waals surface area contributed by atoms with Gasteiger partial charge in [-0.05, 0) is 135 Å². The molecule has 5 aliphatic rings. The zero-order chi connectivity index (χ0) is 38.4. The zero-order valence-corrected chi connectivity index (χ0v) is 34.2. The second-order valence-electron chi connectivity index (χ2n) is 19.6. The molecule has 1 aromatic carbocycles. The first kappa shape index (κ1) is 38.3. The van der Waals surface area contributed by atoms with Crippen molar-refractivity contribution in [3.63, 3.8) is 0 Å². The van der Waals surface area contributed by atoms with E-state index in [0.29, 0.717) is 12.2 Å². The number of carbonyl (C=O) groups excluding carboxylic acids is 2. The van der Waals surface area contributed by atoms with Gasteiger partial charge in [-0.15, -0.1) is 0 Å². The summed E-state index contributed by atoms with van der Waals surface area (Å²) in [6.07, 6.45) is 10.3. The van der Waals surface area contributed by atoms with Crippen molar-refractivity contribution in [2.24, 2.45) is 50.2 Å². The van der Waals surface area contributed by atoms with Gasteiger partial charge in [0.15, 0.2) is 11.5 Å². The molecule has 8 heteroatoms. The molecule has 53 heavy (non-hydrogen) atoms. The molecule has 7 rings (SSSR count). The lowest BCUT2D eigenvalue weighted by atomic mass is 9.33. The molecule has 1 aromatic heterocycles. The Balaban J connectivity index is 1.14. The van der Waals surface area contributed by atoms with Crippen LogP contribution in [0.25, 0.3) is 11.3 Å². The Labute approximate surface area is 317 Å². The van der Waals surface area contributed by atoms with Gasteiger partial charge in [0.2, 0.25) is 5.91 Å². The van der Waals surface area contributed by atoms with Crippen molar-refractivity contribution in [1.82, 2.24) is 15.4 Å². The Morgan fingerprint density at radius 1 is 0.962 bits per heavy atom. The molecular weight excluding hydrogens is 663 g/mol. The average Bonchev–Trinajstić information content (AvgIpc) is 3.60. The number of allylic oxidation sites excluding steroid dienone is 2. The molecule has 0 spiro atoms. The van der Waals surface area contributed by atoms with Crippen molar-refractivity contribution in [1.29, 1.82) is 0 Å². The van der Waals surface area contributed by atoms with Crippen molar-refractivity contribution in [2.75, 3.05) is 20.2 Å². The van der Waals surface area contributed by atoms with Crippen LogP contribution in [0.1, 0.15) is 126 Å². The van der Waals surface area contributed by atoms with Crippen molar-refractivity contribution in [3.05, 3.63) is 47.7 Å². The summed E-state index contributed by atoms with van der Waals surface area (Å²) in [5, 5.41) is 19.8. The molecular formula is C45H65N3O5. The normalized spacial score (nSPS) is 40.3. The molecule has 0 saturated heterocycles. The van der Waals surface area contributed by atoms with Gasteiger partial charge in [-0.25, -0.2) is 0 Å². The Kier molecular flexibility index (Phi) is 9.25. The highest BCUT2D eigenvalue weighted by molar-refractivity contribution is 5.96. The number of carbonyl (C=O) groups is 2. The van der Waals surface area contributed by atoms with Crippen LogP contribution in [0.15, 0.2) is 46.5 Å². The van der Waals surface area contributed by atoms with E-state index in [1.165, 1.54) is 5.57 Å². The number of amides is 1.